The molecule has 1 aromatic carbocycles. The first-order chi connectivity index (χ1) is 9.29. The van der Waals surface area contributed by atoms with Crippen LogP contribution in [-0.4, -0.2) is 30.9 Å². The Morgan fingerprint density at radius 1 is 1.20 bits per heavy atom. The Kier molecular flexibility index (Phi) is 6.50. The number of hydrogen-bond donors (Lipinski definition) is 2. The van der Waals surface area contributed by atoms with E-state index in [1.165, 1.54) is 5.56 Å². The van der Waals surface area contributed by atoms with Crippen molar-refractivity contribution in [2.45, 2.75) is 46.1 Å². The molecule has 0 aliphatic heterocycles. The molecule has 0 bridgehead atoms. The van der Waals surface area contributed by atoms with Gasteiger partial charge in [0.1, 0.15) is 18.5 Å². The number of hydrogen-bond acceptors (Lipinski definition) is 3. The number of benzene rings is 1. The van der Waals surface area contributed by atoms with Crippen molar-refractivity contribution >= 4 is 0 Å². The van der Waals surface area contributed by atoms with Gasteiger partial charge in [-0.2, -0.15) is 0 Å². The highest BCUT2D eigenvalue weighted by atomic mass is 16.5. The van der Waals surface area contributed by atoms with E-state index in [2.05, 4.69) is 46.0 Å². The monoisotopic (exact) mass is 279 g/mol. The molecule has 1 atom stereocenters. The molecule has 1 rings (SSSR count). The van der Waals surface area contributed by atoms with E-state index in [-0.39, 0.29) is 5.41 Å². The topological polar surface area (TPSA) is 41.5 Å². The van der Waals surface area contributed by atoms with Gasteiger partial charge in [-0.15, -0.1) is 0 Å². The summed E-state index contributed by atoms with van der Waals surface area (Å²) in [6.07, 6.45) is -0.480. The van der Waals surface area contributed by atoms with Crippen LogP contribution in [0.25, 0.3) is 0 Å². The number of ether oxygens (including phenoxy) is 1. The summed E-state index contributed by atoms with van der Waals surface area (Å²) in [5.74, 6) is 1.41. The highest BCUT2D eigenvalue weighted by Crippen LogP contribution is 2.25. The minimum absolute atomic E-state index is 0.108. The molecule has 0 fully saturated rings. The first-order valence-electron chi connectivity index (χ1n) is 7.41. The van der Waals surface area contributed by atoms with Gasteiger partial charge >= 0.3 is 0 Å². The highest BCUT2D eigenvalue weighted by molar-refractivity contribution is 5.32. The summed E-state index contributed by atoms with van der Waals surface area (Å²) in [7, 11) is 0. The number of rotatable bonds is 7. The fourth-order valence-electron chi connectivity index (χ4n) is 1.84. The number of aliphatic hydroxyl groups excluding tert-OH is 1. The summed E-state index contributed by atoms with van der Waals surface area (Å²) in [5, 5.41) is 13.1. The summed E-state index contributed by atoms with van der Waals surface area (Å²) in [6.45, 7) is 12.6. The zero-order valence-corrected chi connectivity index (χ0v) is 13.4. The Labute approximate surface area is 123 Å². The van der Waals surface area contributed by atoms with Gasteiger partial charge in [0.15, 0.2) is 0 Å². The van der Waals surface area contributed by atoms with Crippen LogP contribution in [0.5, 0.6) is 5.75 Å². The third-order valence-electron chi connectivity index (χ3n) is 3.07. The van der Waals surface area contributed by atoms with Gasteiger partial charge in [0, 0.05) is 6.54 Å². The van der Waals surface area contributed by atoms with Crippen LogP contribution in [-0.2, 0) is 5.41 Å². The molecule has 0 saturated heterocycles. The van der Waals surface area contributed by atoms with E-state index >= 15 is 0 Å². The van der Waals surface area contributed by atoms with Gasteiger partial charge < -0.3 is 15.2 Å². The van der Waals surface area contributed by atoms with E-state index in [9.17, 15) is 5.11 Å². The molecular weight excluding hydrogens is 250 g/mol. The average molecular weight is 279 g/mol. The lowest BCUT2D eigenvalue weighted by Crippen LogP contribution is -2.33. The maximum atomic E-state index is 9.87. The summed E-state index contributed by atoms with van der Waals surface area (Å²) < 4.78 is 5.67. The van der Waals surface area contributed by atoms with Crippen LogP contribution in [0.3, 0.4) is 0 Å². The minimum Gasteiger partial charge on any atom is -0.491 e. The second-order valence-corrected chi connectivity index (χ2v) is 6.79. The molecule has 3 nitrogen and oxygen atoms in total. The Bertz CT molecular complexity index is 396. The lowest BCUT2D eigenvalue weighted by atomic mass is 9.87. The molecule has 20 heavy (non-hydrogen) atoms. The molecule has 1 unspecified atom stereocenters. The van der Waals surface area contributed by atoms with Gasteiger partial charge in [-0.3, -0.25) is 0 Å². The molecule has 0 aromatic heterocycles. The lowest BCUT2D eigenvalue weighted by molar-refractivity contribution is 0.106. The normalized spacial score (nSPS) is 13.6. The molecule has 1 aromatic rings. The molecule has 3 heteroatoms. The fourth-order valence-corrected chi connectivity index (χ4v) is 1.84. The zero-order valence-electron chi connectivity index (χ0n) is 13.4. The fraction of sp³-hybridized carbons (Fsp3) is 0.647. The van der Waals surface area contributed by atoms with Crippen molar-refractivity contribution in [3.8, 4) is 5.75 Å². The first-order valence-corrected chi connectivity index (χ1v) is 7.41. The first kappa shape index (κ1) is 17.0. The van der Waals surface area contributed by atoms with E-state index in [0.717, 1.165) is 12.3 Å². The summed E-state index contributed by atoms with van der Waals surface area (Å²) in [5.41, 5.74) is 1.35. The third-order valence-corrected chi connectivity index (χ3v) is 3.07. The molecule has 0 aliphatic rings. The highest BCUT2D eigenvalue weighted by Gasteiger charge is 2.14. The Balaban J connectivity index is 2.41. The predicted molar refractivity (Wildman–Crippen MR) is 84.4 cm³/mol. The van der Waals surface area contributed by atoms with Crippen LogP contribution in [0.2, 0.25) is 0 Å². The molecule has 0 spiro atoms. The smallest absolute Gasteiger partial charge is 0.119 e. The largest absolute Gasteiger partial charge is 0.491 e. The van der Waals surface area contributed by atoms with Crippen LogP contribution in [0.15, 0.2) is 24.3 Å². The van der Waals surface area contributed by atoms with Crippen molar-refractivity contribution in [3.05, 3.63) is 29.8 Å². The predicted octanol–water partition coefficient (Wildman–Crippen LogP) is 2.97. The van der Waals surface area contributed by atoms with Crippen LogP contribution < -0.4 is 10.1 Å². The lowest BCUT2D eigenvalue weighted by Gasteiger charge is -2.20. The second-order valence-electron chi connectivity index (χ2n) is 6.79. The van der Waals surface area contributed by atoms with Crippen LogP contribution in [0.1, 0.15) is 40.2 Å². The maximum absolute atomic E-state index is 9.87. The zero-order chi connectivity index (χ0) is 15.2. The van der Waals surface area contributed by atoms with Crippen molar-refractivity contribution in [2.24, 2.45) is 5.92 Å². The van der Waals surface area contributed by atoms with Crippen molar-refractivity contribution in [1.29, 1.82) is 0 Å². The van der Waals surface area contributed by atoms with Gasteiger partial charge in [0.05, 0.1) is 0 Å². The van der Waals surface area contributed by atoms with Crippen LogP contribution in [0.4, 0.5) is 0 Å². The molecule has 0 saturated carbocycles. The van der Waals surface area contributed by atoms with E-state index in [4.69, 9.17) is 4.74 Å². The molecule has 0 heterocycles. The second kappa shape index (κ2) is 7.65. The van der Waals surface area contributed by atoms with E-state index in [1.54, 1.807) is 0 Å². The van der Waals surface area contributed by atoms with Gasteiger partial charge in [0.25, 0.3) is 0 Å². The summed E-state index contributed by atoms with van der Waals surface area (Å²) >= 11 is 0. The Morgan fingerprint density at radius 2 is 1.90 bits per heavy atom. The maximum Gasteiger partial charge on any atom is 0.119 e. The Hall–Kier alpha value is -1.06. The molecule has 2 N–H and O–H groups in total. The molecule has 0 aliphatic carbocycles. The number of nitrogens with one attached hydrogen (secondary N) is 1. The molecule has 0 amide bonds. The molecular formula is C17H29NO2. The van der Waals surface area contributed by atoms with Crippen molar-refractivity contribution in [1.82, 2.24) is 5.32 Å². The van der Waals surface area contributed by atoms with Gasteiger partial charge in [-0.1, -0.05) is 46.8 Å². The van der Waals surface area contributed by atoms with Gasteiger partial charge in [-0.25, -0.2) is 0 Å². The van der Waals surface area contributed by atoms with Crippen molar-refractivity contribution in [3.63, 3.8) is 0 Å². The van der Waals surface area contributed by atoms with Gasteiger partial charge in [0.2, 0.25) is 0 Å². The molecule has 114 valence electrons. The van der Waals surface area contributed by atoms with Crippen molar-refractivity contribution < 1.29 is 9.84 Å². The van der Waals surface area contributed by atoms with Crippen LogP contribution in [0, 0.1) is 5.92 Å². The van der Waals surface area contributed by atoms with E-state index in [1.807, 2.05) is 18.2 Å². The summed E-state index contributed by atoms with van der Waals surface area (Å²) in [4.78, 5) is 0. The summed E-state index contributed by atoms with van der Waals surface area (Å²) in [6, 6.07) is 8.09. The van der Waals surface area contributed by atoms with E-state index < -0.39 is 6.10 Å². The minimum atomic E-state index is -0.480. The van der Waals surface area contributed by atoms with E-state index in [0.29, 0.717) is 19.1 Å². The average Bonchev–Trinajstić information content (AvgIpc) is 2.35. The third kappa shape index (κ3) is 6.40. The molecule has 0 radical (unpaired) electrons. The quantitative estimate of drug-likeness (QED) is 0.806. The Morgan fingerprint density at radius 3 is 2.50 bits per heavy atom. The SMILES string of the molecule is CC(C)CNCC(O)COc1cccc(C(C)(C)C)c1. The standard InChI is InChI=1S/C17H29NO2/c1-13(2)10-18-11-15(19)12-20-16-8-6-7-14(9-16)17(3,4)5/h6-9,13,15,18-19H,10-12H2,1-5H3. The van der Waals surface area contributed by atoms with Crippen LogP contribution >= 0.6 is 0 Å². The van der Waals surface area contributed by atoms with Crippen molar-refractivity contribution in [2.75, 3.05) is 19.7 Å². The van der Waals surface area contributed by atoms with Gasteiger partial charge in [-0.05, 0) is 35.6 Å². The number of aliphatic hydroxyl groups is 1.